The van der Waals surface area contributed by atoms with E-state index in [1.165, 1.54) is 0 Å². The van der Waals surface area contributed by atoms with Crippen molar-refractivity contribution < 1.29 is 9.21 Å². The lowest BCUT2D eigenvalue weighted by Gasteiger charge is -2.17. The van der Waals surface area contributed by atoms with Crippen LogP contribution in [0, 0.1) is 0 Å². The van der Waals surface area contributed by atoms with Gasteiger partial charge in [0, 0.05) is 16.3 Å². The minimum atomic E-state index is -0.643. The average molecular weight is 433 g/mol. The zero-order valence-electron chi connectivity index (χ0n) is 16.9. The second-order valence-corrected chi connectivity index (χ2v) is 7.34. The third kappa shape index (κ3) is 4.92. The van der Waals surface area contributed by atoms with Gasteiger partial charge >= 0.3 is 6.03 Å². The Morgan fingerprint density at radius 2 is 1.68 bits per heavy atom. The molecule has 0 unspecified atom stereocenters. The Bertz CT molecular complexity index is 1160. The fourth-order valence-electron chi connectivity index (χ4n) is 3.23. The zero-order chi connectivity index (χ0) is 21.6. The molecule has 1 atom stereocenters. The van der Waals surface area contributed by atoms with Crippen molar-refractivity contribution in [3.8, 4) is 11.5 Å². The molecule has 0 aliphatic heterocycles. The first-order valence-corrected chi connectivity index (χ1v) is 10.3. The second kappa shape index (κ2) is 9.45. The van der Waals surface area contributed by atoms with Crippen LogP contribution in [0.1, 0.15) is 30.0 Å². The Morgan fingerprint density at radius 3 is 2.42 bits per heavy atom. The summed E-state index contributed by atoms with van der Waals surface area (Å²) in [6, 6.07) is 23.3. The van der Waals surface area contributed by atoms with Crippen LogP contribution < -0.4 is 10.6 Å². The Balaban J connectivity index is 1.61. The Kier molecular flexibility index (Phi) is 6.29. The van der Waals surface area contributed by atoms with Crippen LogP contribution in [0.5, 0.6) is 0 Å². The zero-order valence-corrected chi connectivity index (χ0v) is 17.6. The van der Waals surface area contributed by atoms with Crippen LogP contribution in [-0.4, -0.2) is 16.2 Å². The number of hydrogen-bond acceptors (Lipinski definition) is 4. The predicted octanol–water partition coefficient (Wildman–Crippen LogP) is 5.86. The number of carbonyl (C=O) groups excluding carboxylic acids is 1. The standard InChI is InChI=1S/C24H21ClN4O2/c1-2-16-8-6-7-11-20(16)26-24(30)27-21(17-12-14-19(25)15-13-17)23-29-28-22(31-23)18-9-4-3-5-10-18/h3-15,21H,2H2,1H3,(H2,26,27,30)/t21-/m0/s1. The van der Waals surface area contributed by atoms with Gasteiger partial charge in [0.25, 0.3) is 0 Å². The quantitative estimate of drug-likeness (QED) is 0.399. The Hall–Kier alpha value is -3.64. The molecule has 156 valence electrons. The van der Waals surface area contributed by atoms with E-state index in [0.717, 1.165) is 28.8 Å². The van der Waals surface area contributed by atoms with Crippen molar-refractivity contribution >= 4 is 23.3 Å². The molecular formula is C24H21ClN4O2. The van der Waals surface area contributed by atoms with Gasteiger partial charge in [-0.3, -0.25) is 0 Å². The number of amides is 2. The minimum Gasteiger partial charge on any atom is -0.418 e. The molecule has 1 heterocycles. The molecule has 0 saturated heterocycles. The van der Waals surface area contributed by atoms with Gasteiger partial charge in [0.05, 0.1) is 0 Å². The molecule has 3 aromatic carbocycles. The number of benzene rings is 3. The molecule has 6 nitrogen and oxygen atoms in total. The number of nitrogens with zero attached hydrogens (tertiary/aromatic N) is 2. The van der Waals surface area contributed by atoms with Crippen molar-refractivity contribution in [3.05, 3.63) is 101 Å². The normalized spacial score (nSPS) is 11.7. The first kappa shape index (κ1) is 20.6. The van der Waals surface area contributed by atoms with Gasteiger partial charge < -0.3 is 15.1 Å². The van der Waals surface area contributed by atoms with Crippen molar-refractivity contribution in [1.29, 1.82) is 0 Å². The maximum Gasteiger partial charge on any atom is 0.320 e. The summed E-state index contributed by atoms with van der Waals surface area (Å²) in [4.78, 5) is 12.8. The number of aryl methyl sites for hydroxylation is 1. The van der Waals surface area contributed by atoms with Crippen LogP contribution in [-0.2, 0) is 6.42 Å². The second-order valence-electron chi connectivity index (χ2n) is 6.91. The van der Waals surface area contributed by atoms with Gasteiger partial charge in [0.1, 0.15) is 6.04 Å². The summed E-state index contributed by atoms with van der Waals surface area (Å²) in [6.07, 6.45) is 0.807. The number of halogens is 1. The van der Waals surface area contributed by atoms with Gasteiger partial charge in [-0.1, -0.05) is 67.1 Å². The highest BCUT2D eigenvalue weighted by Gasteiger charge is 2.24. The highest BCUT2D eigenvalue weighted by Crippen LogP contribution is 2.26. The van der Waals surface area contributed by atoms with Crippen molar-refractivity contribution in [2.24, 2.45) is 0 Å². The molecule has 4 aromatic rings. The van der Waals surface area contributed by atoms with Gasteiger partial charge in [0.15, 0.2) is 0 Å². The van der Waals surface area contributed by atoms with E-state index >= 15 is 0 Å². The predicted molar refractivity (Wildman–Crippen MR) is 121 cm³/mol. The molecule has 0 radical (unpaired) electrons. The molecule has 0 aliphatic carbocycles. The van der Waals surface area contributed by atoms with E-state index in [4.69, 9.17) is 16.0 Å². The minimum absolute atomic E-state index is 0.278. The molecule has 2 N–H and O–H groups in total. The van der Waals surface area contributed by atoms with Crippen LogP contribution in [0.4, 0.5) is 10.5 Å². The monoisotopic (exact) mass is 432 g/mol. The smallest absolute Gasteiger partial charge is 0.320 e. The number of anilines is 1. The van der Waals surface area contributed by atoms with Gasteiger partial charge in [-0.05, 0) is 47.9 Å². The molecule has 2 amide bonds. The number of urea groups is 1. The van der Waals surface area contributed by atoms with E-state index in [-0.39, 0.29) is 11.9 Å². The molecule has 0 aliphatic rings. The summed E-state index contributed by atoms with van der Waals surface area (Å²) in [5, 5.41) is 14.8. The maximum atomic E-state index is 12.8. The topological polar surface area (TPSA) is 80.0 Å². The highest BCUT2D eigenvalue weighted by molar-refractivity contribution is 6.30. The number of aromatic nitrogens is 2. The summed E-state index contributed by atoms with van der Waals surface area (Å²) < 4.78 is 5.91. The molecule has 31 heavy (non-hydrogen) atoms. The number of nitrogens with one attached hydrogen (secondary N) is 2. The molecule has 0 fully saturated rings. The highest BCUT2D eigenvalue weighted by atomic mass is 35.5. The van der Waals surface area contributed by atoms with E-state index in [1.807, 2.05) is 73.7 Å². The largest absolute Gasteiger partial charge is 0.418 e. The van der Waals surface area contributed by atoms with Crippen molar-refractivity contribution in [3.63, 3.8) is 0 Å². The van der Waals surface area contributed by atoms with Crippen LogP contribution in [0.2, 0.25) is 5.02 Å². The lowest BCUT2D eigenvalue weighted by Crippen LogP contribution is -2.33. The molecule has 0 spiro atoms. The number of para-hydroxylation sites is 1. The lowest BCUT2D eigenvalue weighted by molar-refractivity contribution is 0.248. The van der Waals surface area contributed by atoms with E-state index in [0.29, 0.717) is 10.9 Å². The average Bonchev–Trinajstić information content (AvgIpc) is 3.29. The molecular weight excluding hydrogens is 412 g/mol. The number of rotatable bonds is 6. The van der Waals surface area contributed by atoms with Crippen molar-refractivity contribution in [2.45, 2.75) is 19.4 Å². The van der Waals surface area contributed by atoms with Crippen LogP contribution in [0.15, 0.2) is 83.3 Å². The van der Waals surface area contributed by atoms with Crippen molar-refractivity contribution in [2.75, 3.05) is 5.32 Å². The summed E-state index contributed by atoms with van der Waals surface area (Å²) in [5.74, 6) is 0.660. The van der Waals surface area contributed by atoms with Gasteiger partial charge in [-0.25, -0.2) is 4.79 Å². The molecule has 0 bridgehead atoms. The van der Waals surface area contributed by atoms with Gasteiger partial charge in [0.2, 0.25) is 11.8 Å². The van der Waals surface area contributed by atoms with Gasteiger partial charge in [-0.15, -0.1) is 10.2 Å². The summed E-state index contributed by atoms with van der Waals surface area (Å²) in [6.45, 7) is 2.04. The van der Waals surface area contributed by atoms with E-state index in [2.05, 4.69) is 20.8 Å². The van der Waals surface area contributed by atoms with E-state index in [1.54, 1.807) is 12.1 Å². The van der Waals surface area contributed by atoms with Crippen LogP contribution in [0.25, 0.3) is 11.5 Å². The molecule has 1 aromatic heterocycles. The molecule has 7 heteroatoms. The fourth-order valence-corrected chi connectivity index (χ4v) is 3.36. The molecule has 4 rings (SSSR count). The molecule has 0 saturated carbocycles. The first-order chi connectivity index (χ1) is 15.1. The fraction of sp³-hybridized carbons (Fsp3) is 0.125. The van der Waals surface area contributed by atoms with Crippen molar-refractivity contribution in [1.82, 2.24) is 15.5 Å². The van der Waals surface area contributed by atoms with E-state index < -0.39 is 6.04 Å². The Morgan fingerprint density at radius 1 is 0.968 bits per heavy atom. The SMILES string of the molecule is CCc1ccccc1NC(=O)N[C@@H](c1ccc(Cl)cc1)c1nnc(-c2ccccc2)o1. The summed E-state index contributed by atoms with van der Waals surface area (Å²) in [5.41, 5.74) is 3.38. The van der Waals surface area contributed by atoms with Crippen LogP contribution in [0.3, 0.4) is 0 Å². The third-order valence-corrected chi connectivity index (χ3v) is 5.09. The first-order valence-electron chi connectivity index (χ1n) is 9.93. The number of hydrogen-bond donors (Lipinski definition) is 2. The number of carbonyl (C=O) groups is 1. The van der Waals surface area contributed by atoms with Gasteiger partial charge in [-0.2, -0.15) is 0 Å². The van der Waals surface area contributed by atoms with E-state index in [9.17, 15) is 4.79 Å². The van der Waals surface area contributed by atoms with Crippen LogP contribution >= 0.6 is 11.6 Å². The lowest BCUT2D eigenvalue weighted by atomic mass is 10.1. The summed E-state index contributed by atoms with van der Waals surface area (Å²) >= 11 is 6.04. The maximum absolute atomic E-state index is 12.8. The summed E-state index contributed by atoms with van der Waals surface area (Å²) in [7, 11) is 0. The Labute approximate surface area is 185 Å². The third-order valence-electron chi connectivity index (χ3n) is 4.83.